The van der Waals surface area contributed by atoms with E-state index in [-0.39, 0.29) is 18.0 Å². The van der Waals surface area contributed by atoms with Gasteiger partial charge in [0, 0.05) is 38.8 Å². The number of ether oxygens (including phenoxy) is 1. The lowest BCUT2D eigenvalue weighted by Crippen LogP contribution is -2.48. The topological polar surface area (TPSA) is 49.9 Å². The number of halogens is 2. The second-order valence-electron chi connectivity index (χ2n) is 6.36. The lowest BCUT2D eigenvalue weighted by atomic mass is 10.2. The van der Waals surface area contributed by atoms with Gasteiger partial charge in [0.25, 0.3) is 0 Å². The van der Waals surface area contributed by atoms with Crippen molar-refractivity contribution >= 4 is 10.0 Å². The third kappa shape index (κ3) is 4.82. The molecule has 1 aliphatic rings. The maximum Gasteiger partial charge on any atom is 0.243 e. The van der Waals surface area contributed by atoms with Crippen molar-refractivity contribution in [1.82, 2.24) is 9.21 Å². The molecule has 0 aliphatic carbocycles. The van der Waals surface area contributed by atoms with Crippen LogP contribution in [-0.2, 0) is 16.6 Å². The highest BCUT2D eigenvalue weighted by atomic mass is 32.2. The van der Waals surface area contributed by atoms with Crippen molar-refractivity contribution in [2.24, 2.45) is 0 Å². The van der Waals surface area contributed by atoms with Crippen LogP contribution in [0.1, 0.15) is 12.5 Å². The molecule has 0 unspecified atom stereocenters. The largest absolute Gasteiger partial charge is 0.494 e. The van der Waals surface area contributed by atoms with Crippen LogP contribution in [0.2, 0.25) is 0 Å². The fourth-order valence-electron chi connectivity index (χ4n) is 3.07. The Morgan fingerprint density at radius 1 is 0.963 bits per heavy atom. The summed E-state index contributed by atoms with van der Waals surface area (Å²) in [5.74, 6) is -0.982. The Balaban J connectivity index is 1.61. The number of hydrogen-bond donors (Lipinski definition) is 0. The van der Waals surface area contributed by atoms with Gasteiger partial charge in [-0.05, 0) is 36.8 Å². The van der Waals surface area contributed by atoms with Gasteiger partial charge in [-0.3, -0.25) is 4.90 Å². The van der Waals surface area contributed by atoms with Crippen molar-refractivity contribution in [2.75, 3.05) is 32.8 Å². The fraction of sp³-hybridized carbons (Fsp3) is 0.368. The first-order valence-corrected chi connectivity index (χ1v) is 10.2. The maximum atomic E-state index is 13.4. The molecule has 1 fully saturated rings. The fourth-order valence-corrected chi connectivity index (χ4v) is 4.54. The summed E-state index contributed by atoms with van der Waals surface area (Å²) in [4.78, 5) is 1.80. The molecule has 3 rings (SSSR count). The van der Waals surface area contributed by atoms with Crippen LogP contribution in [0.4, 0.5) is 8.78 Å². The van der Waals surface area contributed by atoms with Gasteiger partial charge in [0.05, 0.1) is 11.5 Å². The average Bonchev–Trinajstić information content (AvgIpc) is 2.63. The van der Waals surface area contributed by atoms with Crippen LogP contribution >= 0.6 is 0 Å². The molecule has 0 aromatic heterocycles. The van der Waals surface area contributed by atoms with E-state index in [0.29, 0.717) is 32.3 Å². The van der Waals surface area contributed by atoms with Crippen LogP contribution in [0.5, 0.6) is 5.75 Å². The Labute approximate surface area is 158 Å². The molecule has 146 valence electrons. The second-order valence-corrected chi connectivity index (χ2v) is 8.30. The Bertz CT molecular complexity index is 860. The zero-order valence-electron chi connectivity index (χ0n) is 15.1. The molecule has 0 spiro atoms. The molecule has 1 aliphatic heterocycles. The number of sulfonamides is 1. The molecule has 2 aromatic rings. The molecule has 0 N–H and O–H groups in total. The van der Waals surface area contributed by atoms with Gasteiger partial charge >= 0.3 is 0 Å². The minimum absolute atomic E-state index is 0.275. The van der Waals surface area contributed by atoms with Crippen molar-refractivity contribution in [3.05, 3.63) is 59.7 Å². The Hall–Kier alpha value is -2.03. The van der Waals surface area contributed by atoms with E-state index in [9.17, 15) is 17.2 Å². The zero-order chi connectivity index (χ0) is 19.4. The third-order valence-electron chi connectivity index (χ3n) is 4.45. The van der Waals surface area contributed by atoms with E-state index in [2.05, 4.69) is 4.90 Å². The summed E-state index contributed by atoms with van der Waals surface area (Å²) < 4.78 is 58.7. The number of nitrogens with zero attached hydrogens (tertiary/aromatic N) is 2. The molecule has 8 heteroatoms. The van der Waals surface area contributed by atoms with Crippen LogP contribution in [0.3, 0.4) is 0 Å². The van der Waals surface area contributed by atoms with Gasteiger partial charge in [-0.15, -0.1) is 0 Å². The minimum Gasteiger partial charge on any atom is -0.494 e. The van der Waals surface area contributed by atoms with E-state index in [1.165, 1.54) is 4.31 Å². The summed E-state index contributed by atoms with van der Waals surface area (Å²) in [6.07, 6.45) is 0. The van der Waals surface area contributed by atoms with Crippen molar-refractivity contribution in [3.63, 3.8) is 0 Å². The van der Waals surface area contributed by atoms with E-state index in [1.807, 2.05) is 31.2 Å². The Kier molecular flexibility index (Phi) is 6.08. The molecule has 0 radical (unpaired) electrons. The summed E-state index contributed by atoms with van der Waals surface area (Å²) in [6.45, 7) is 4.89. The summed E-state index contributed by atoms with van der Waals surface area (Å²) in [5.41, 5.74) is 1.11. The standard InChI is InChI=1S/C19H22F2N2O3S/c1-2-26-18-5-3-15(4-6-18)14-22-7-9-23(10-8-22)27(24,25)19-12-16(20)11-17(21)13-19/h3-6,11-13H,2,7-10,14H2,1H3. The normalized spacial score (nSPS) is 16.4. The molecular weight excluding hydrogens is 374 g/mol. The number of piperazine rings is 1. The molecule has 0 bridgehead atoms. The van der Waals surface area contributed by atoms with Gasteiger partial charge in [-0.1, -0.05) is 12.1 Å². The highest BCUT2D eigenvalue weighted by Gasteiger charge is 2.29. The third-order valence-corrected chi connectivity index (χ3v) is 6.32. The van der Waals surface area contributed by atoms with Gasteiger partial charge in [-0.2, -0.15) is 4.31 Å². The van der Waals surface area contributed by atoms with Gasteiger partial charge in [0.1, 0.15) is 17.4 Å². The second kappa shape index (κ2) is 8.33. The predicted octanol–water partition coefficient (Wildman–Crippen LogP) is 2.87. The highest BCUT2D eigenvalue weighted by molar-refractivity contribution is 7.89. The van der Waals surface area contributed by atoms with Crippen molar-refractivity contribution in [1.29, 1.82) is 0 Å². The lowest BCUT2D eigenvalue weighted by molar-refractivity contribution is 0.181. The quantitative estimate of drug-likeness (QED) is 0.754. The van der Waals surface area contributed by atoms with Gasteiger partial charge in [-0.25, -0.2) is 17.2 Å². The minimum atomic E-state index is -3.91. The first-order valence-electron chi connectivity index (χ1n) is 8.79. The molecule has 0 saturated carbocycles. The number of hydrogen-bond acceptors (Lipinski definition) is 4. The average molecular weight is 396 g/mol. The van der Waals surface area contributed by atoms with E-state index in [4.69, 9.17) is 4.74 Å². The SMILES string of the molecule is CCOc1ccc(CN2CCN(S(=O)(=O)c3cc(F)cc(F)c3)CC2)cc1. The van der Waals surface area contributed by atoms with E-state index in [1.54, 1.807) is 0 Å². The van der Waals surface area contributed by atoms with Crippen LogP contribution in [0.15, 0.2) is 47.4 Å². The molecule has 1 saturated heterocycles. The van der Waals surface area contributed by atoms with Crippen LogP contribution in [0.25, 0.3) is 0 Å². The number of rotatable bonds is 6. The van der Waals surface area contributed by atoms with Crippen LogP contribution < -0.4 is 4.74 Å². The summed E-state index contributed by atoms with van der Waals surface area (Å²) in [6, 6.07) is 10.2. The van der Waals surface area contributed by atoms with E-state index in [0.717, 1.165) is 23.4 Å². The zero-order valence-corrected chi connectivity index (χ0v) is 15.9. The molecular formula is C19H22F2N2O3S. The van der Waals surface area contributed by atoms with Gasteiger partial charge in [0.2, 0.25) is 10.0 Å². The Morgan fingerprint density at radius 3 is 2.11 bits per heavy atom. The molecule has 27 heavy (non-hydrogen) atoms. The first-order chi connectivity index (χ1) is 12.9. The molecule has 1 heterocycles. The molecule has 0 atom stereocenters. The first kappa shape index (κ1) is 19.7. The summed E-state index contributed by atoms with van der Waals surface area (Å²) in [7, 11) is -3.91. The van der Waals surface area contributed by atoms with E-state index < -0.39 is 21.7 Å². The van der Waals surface area contributed by atoms with E-state index >= 15 is 0 Å². The summed E-state index contributed by atoms with van der Waals surface area (Å²) in [5, 5.41) is 0. The molecule has 0 amide bonds. The smallest absolute Gasteiger partial charge is 0.243 e. The summed E-state index contributed by atoms with van der Waals surface area (Å²) >= 11 is 0. The molecule has 5 nitrogen and oxygen atoms in total. The van der Waals surface area contributed by atoms with Crippen molar-refractivity contribution in [3.8, 4) is 5.75 Å². The van der Waals surface area contributed by atoms with Gasteiger partial charge < -0.3 is 4.74 Å². The highest BCUT2D eigenvalue weighted by Crippen LogP contribution is 2.21. The number of benzene rings is 2. The van der Waals surface area contributed by atoms with Gasteiger partial charge in [0.15, 0.2) is 0 Å². The van der Waals surface area contributed by atoms with Crippen LogP contribution in [0, 0.1) is 11.6 Å². The lowest BCUT2D eigenvalue weighted by Gasteiger charge is -2.34. The Morgan fingerprint density at radius 2 is 1.56 bits per heavy atom. The predicted molar refractivity (Wildman–Crippen MR) is 98.0 cm³/mol. The maximum absolute atomic E-state index is 13.4. The van der Waals surface area contributed by atoms with Crippen molar-refractivity contribution < 1.29 is 21.9 Å². The monoisotopic (exact) mass is 396 g/mol. The molecule has 2 aromatic carbocycles. The van der Waals surface area contributed by atoms with Crippen molar-refractivity contribution in [2.45, 2.75) is 18.4 Å². The van der Waals surface area contributed by atoms with Crippen LogP contribution in [-0.4, -0.2) is 50.4 Å².